The predicted octanol–water partition coefficient (Wildman–Crippen LogP) is 4.73. The van der Waals surface area contributed by atoms with Crippen molar-refractivity contribution in [2.45, 2.75) is 25.3 Å². The van der Waals surface area contributed by atoms with E-state index in [0.29, 0.717) is 6.54 Å². The van der Waals surface area contributed by atoms with E-state index in [1.54, 1.807) is 0 Å². The van der Waals surface area contributed by atoms with Gasteiger partial charge in [0.15, 0.2) is 0 Å². The van der Waals surface area contributed by atoms with Crippen molar-refractivity contribution in [3.05, 3.63) is 101 Å². The van der Waals surface area contributed by atoms with E-state index in [-0.39, 0.29) is 11.8 Å². The number of hydrogen-bond donors (Lipinski definition) is 1. The van der Waals surface area contributed by atoms with Crippen molar-refractivity contribution in [1.29, 1.82) is 0 Å². The Balaban J connectivity index is 1.39. The van der Waals surface area contributed by atoms with Crippen molar-refractivity contribution in [1.82, 2.24) is 10.2 Å². The second-order valence-corrected chi connectivity index (χ2v) is 8.37. The molecule has 3 aromatic rings. The molecule has 0 fully saturated rings. The van der Waals surface area contributed by atoms with Gasteiger partial charge in [-0.15, -0.1) is 0 Å². The monoisotopic (exact) mass is 409 g/mol. The summed E-state index contributed by atoms with van der Waals surface area (Å²) in [6.45, 7) is 3.36. The summed E-state index contributed by atoms with van der Waals surface area (Å²) in [4.78, 5) is 20.0. The number of hydrogen-bond acceptors (Lipinski definition) is 3. The van der Waals surface area contributed by atoms with Gasteiger partial charge in [0, 0.05) is 43.4 Å². The number of carbonyl (C=O) groups is 1. The molecule has 2 aliphatic rings. The molecular weight excluding hydrogens is 382 g/mol. The van der Waals surface area contributed by atoms with E-state index in [1.165, 1.54) is 16.8 Å². The van der Waals surface area contributed by atoms with Gasteiger partial charge in [0.05, 0.1) is 5.69 Å². The largest absolute Gasteiger partial charge is 0.352 e. The quantitative estimate of drug-likeness (QED) is 0.613. The van der Waals surface area contributed by atoms with Crippen molar-refractivity contribution in [2.24, 2.45) is 4.99 Å². The van der Waals surface area contributed by atoms with Crippen LogP contribution < -0.4 is 5.32 Å². The Labute approximate surface area is 183 Å². The highest BCUT2D eigenvalue weighted by Crippen LogP contribution is 2.41. The van der Waals surface area contributed by atoms with E-state index in [4.69, 9.17) is 4.99 Å². The molecule has 1 N–H and O–H groups in total. The SMILES string of the molecule is O=C1NCCC2C(CN(CCc3ccccc3)Cc3ccccc3)=Nc3cccc1c32. The summed E-state index contributed by atoms with van der Waals surface area (Å²) in [5.74, 6) is 0.251. The van der Waals surface area contributed by atoms with Crippen LogP contribution in [0.5, 0.6) is 0 Å². The molecule has 0 radical (unpaired) electrons. The van der Waals surface area contributed by atoms with E-state index >= 15 is 0 Å². The maximum absolute atomic E-state index is 12.5. The molecule has 0 aromatic heterocycles. The zero-order chi connectivity index (χ0) is 21.0. The van der Waals surface area contributed by atoms with Crippen LogP contribution in [0.1, 0.15) is 39.4 Å². The second-order valence-electron chi connectivity index (χ2n) is 8.37. The molecule has 5 rings (SSSR count). The Morgan fingerprint density at radius 1 is 0.871 bits per heavy atom. The molecule has 1 unspecified atom stereocenters. The zero-order valence-corrected chi connectivity index (χ0v) is 17.6. The lowest BCUT2D eigenvalue weighted by Gasteiger charge is -2.25. The molecule has 0 saturated carbocycles. The average Bonchev–Trinajstić information content (AvgIpc) is 3.05. The van der Waals surface area contributed by atoms with E-state index < -0.39 is 0 Å². The van der Waals surface area contributed by atoms with Gasteiger partial charge >= 0.3 is 0 Å². The fourth-order valence-electron chi connectivity index (χ4n) is 4.71. The van der Waals surface area contributed by atoms with Crippen molar-refractivity contribution >= 4 is 17.3 Å². The molecule has 0 saturated heterocycles. The smallest absolute Gasteiger partial charge is 0.251 e. The third-order valence-electron chi connectivity index (χ3n) is 6.26. The Morgan fingerprint density at radius 3 is 2.39 bits per heavy atom. The summed E-state index contributed by atoms with van der Waals surface area (Å²) in [5.41, 5.74) is 6.72. The number of carbonyl (C=O) groups excluding carboxylic acids is 1. The van der Waals surface area contributed by atoms with Gasteiger partial charge in [-0.25, -0.2) is 0 Å². The Kier molecular flexibility index (Phi) is 5.63. The minimum absolute atomic E-state index is 0.0287. The number of benzene rings is 3. The molecule has 4 nitrogen and oxygen atoms in total. The van der Waals surface area contributed by atoms with Crippen LogP contribution >= 0.6 is 0 Å². The molecule has 4 heteroatoms. The number of nitrogens with zero attached hydrogens (tertiary/aromatic N) is 2. The van der Waals surface area contributed by atoms with Crippen LogP contribution in [0.25, 0.3) is 0 Å². The molecule has 2 heterocycles. The molecule has 0 spiro atoms. The minimum Gasteiger partial charge on any atom is -0.352 e. The van der Waals surface area contributed by atoms with E-state index in [9.17, 15) is 4.79 Å². The van der Waals surface area contributed by atoms with Gasteiger partial charge in [-0.3, -0.25) is 14.7 Å². The molecule has 2 aliphatic heterocycles. The van der Waals surface area contributed by atoms with Gasteiger partial charge in [0.1, 0.15) is 0 Å². The summed E-state index contributed by atoms with van der Waals surface area (Å²) in [7, 11) is 0. The maximum atomic E-state index is 12.5. The summed E-state index contributed by atoms with van der Waals surface area (Å²) in [6.07, 6.45) is 1.91. The first-order valence-corrected chi connectivity index (χ1v) is 11.1. The lowest BCUT2D eigenvalue weighted by molar-refractivity contribution is 0.0956. The highest BCUT2D eigenvalue weighted by atomic mass is 16.1. The fourth-order valence-corrected chi connectivity index (χ4v) is 4.71. The minimum atomic E-state index is 0.0287. The van der Waals surface area contributed by atoms with Crippen molar-refractivity contribution in [2.75, 3.05) is 19.6 Å². The van der Waals surface area contributed by atoms with Crippen LogP contribution in [0.4, 0.5) is 5.69 Å². The van der Waals surface area contributed by atoms with Gasteiger partial charge in [-0.2, -0.15) is 0 Å². The van der Waals surface area contributed by atoms with Crippen LogP contribution in [-0.4, -0.2) is 36.2 Å². The fraction of sp³-hybridized carbons (Fsp3) is 0.259. The lowest BCUT2D eigenvalue weighted by atomic mass is 9.89. The van der Waals surface area contributed by atoms with E-state index in [0.717, 1.165) is 49.3 Å². The van der Waals surface area contributed by atoms with Crippen LogP contribution in [0.3, 0.4) is 0 Å². The summed E-state index contributed by atoms with van der Waals surface area (Å²) in [5, 5.41) is 3.05. The van der Waals surface area contributed by atoms with Crippen LogP contribution in [0.15, 0.2) is 83.9 Å². The van der Waals surface area contributed by atoms with Gasteiger partial charge < -0.3 is 5.32 Å². The van der Waals surface area contributed by atoms with Gasteiger partial charge in [0.2, 0.25) is 0 Å². The number of rotatable bonds is 7. The highest BCUT2D eigenvalue weighted by Gasteiger charge is 2.34. The number of nitrogens with one attached hydrogen (secondary N) is 1. The second kappa shape index (κ2) is 8.86. The zero-order valence-electron chi connectivity index (χ0n) is 17.6. The van der Waals surface area contributed by atoms with Crippen molar-refractivity contribution in [3.63, 3.8) is 0 Å². The number of amides is 1. The number of aliphatic imine (C=N–C) groups is 1. The van der Waals surface area contributed by atoms with Crippen LogP contribution in [0, 0.1) is 0 Å². The van der Waals surface area contributed by atoms with Gasteiger partial charge in [-0.1, -0.05) is 66.7 Å². The van der Waals surface area contributed by atoms with Crippen molar-refractivity contribution < 1.29 is 4.79 Å². The topological polar surface area (TPSA) is 44.7 Å². The summed E-state index contributed by atoms with van der Waals surface area (Å²) >= 11 is 0. The first kappa shape index (κ1) is 19.7. The molecule has 0 aliphatic carbocycles. The molecule has 0 bridgehead atoms. The van der Waals surface area contributed by atoms with Gasteiger partial charge in [0.25, 0.3) is 5.91 Å². The maximum Gasteiger partial charge on any atom is 0.251 e. The Bertz CT molecular complexity index is 1090. The molecule has 3 aromatic carbocycles. The first-order valence-electron chi connectivity index (χ1n) is 11.1. The highest BCUT2D eigenvalue weighted by molar-refractivity contribution is 6.06. The predicted molar refractivity (Wildman–Crippen MR) is 125 cm³/mol. The summed E-state index contributed by atoms with van der Waals surface area (Å²) < 4.78 is 0. The van der Waals surface area contributed by atoms with Crippen LogP contribution in [0.2, 0.25) is 0 Å². The average molecular weight is 410 g/mol. The third kappa shape index (κ3) is 4.30. The van der Waals surface area contributed by atoms with Gasteiger partial charge in [-0.05, 0) is 41.7 Å². The van der Waals surface area contributed by atoms with Crippen LogP contribution in [-0.2, 0) is 13.0 Å². The molecule has 31 heavy (non-hydrogen) atoms. The summed E-state index contributed by atoms with van der Waals surface area (Å²) in [6, 6.07) is 27.2. The van der Waals surface area contributed by atoms with Crippen molar-refractivity contribution in [3.8, 4) is 0 Å². The molecule has 1 amide bonds. The normalized spacial score (nSPS) is 17.1. The van der Waals surface area contributed by atoms with E-state index in [1.807, 2.05) is 18.2 Å². The molecular formula is C27H27N3O. The third-order valence-corrected chi connectivity index (χ3v) is 6.26. The Morgan fingerprint density at radius 2 is 1.61 bits per heavy atom. The first-order chi connectivity index (χ1) is 15.3. The standard InChI is InChI=1S/C27H27N3O/c31-27-23-12-7-13-24-26(23)22(14-16-28-27)25(29-24)19-30(18-21-10-5-2-6-11-21)17-15-20-8-3-1-4-9-20/h1-13,22H,14-19H2,(H,28,31). The lowest BCUT2D eigenvalue weighted by Crippen LogP contribution is -2.33. The Hall–Kier alpha value is -3.24. The molecule has 1 atom stereocenters. The molecule has 156 valence electrons. The van der Waals surface area contributed by atoms with E-state index in [2.05, 4.69) is 70.9 Å².